The quantitative estimate of drug-likeness (QED) is 0.703. The molecule has 0 radical (unpaired) electrons. The fourth-order valence-electron chi connectivity index (χ4n) is 1.97. The van der Waals surface area contributed by atoms with Crippen molar-refractivity contribution in [2.45, 2.75) is 46.2 Å². The van der Waals surface area contributed by atoms with Crippen molar-refractivity contribution in [2.75, 3.05) is 20.6 Å². The third-order valence-electron chi connectivity index (χ3n) is 2.98. The number of likely N-dealkylation sites (N-methyl/N-ethyl adjacent to an activating group) is 1. The van der Waals surface area contributed by atoms with Gasteiger partial charge >= 0.3 is 0 Å². The minimum atomic E-state index is -0.384. The van der Waals surface area contributed by atoms with Crippen molar-refractivity contribution in [2.24, 2.45) is 17.6 Å². The lowest BCUT2D eigenvalue weighted by atomic mass is 10.0. The average Bonchev–Trinajstić information content (AvgIpc) is 2.15. The van der Waals surface area contributed by atoms with Crippen LogP contribution in [0.25, 0.3) is 0 Å². The highest BCUT2D eigenvalue weighted by Gasteiger charge is 2.19. The molecule has 0 aromatic heterocycles. The van der Waals surface area contributed by atoms with Gasteiger partial charge in [0.2, 0.25) is 5.91 Å². The molecule has 0 aliphatic carbocycles. The second-order valence-corrected chi connectivity index (χ2v) is 5.76. The highest BCUT2D eigenvalue weighted by molar-refractivity contribution is 5.81. The summed E-state index contributed by atoms with van der Waals surface area (Å²) in [4.78, 5) is 13.9. The van der Waals surface area contributed by atoms with E-state index >= 15 is 0 Å². The number of nitrogens with one attached hydrogen (secondary N) is 1. The normalized spacial score (nSPS) is 15.4. The van der Waals surface area contributed by atoms with E-state index in [9.17, 15) is 4.79 Å². The van der Waals surface area contributed by atoms with Gasteiger partial charge in [0, 0.05) is 12.6 Å². The summed E-state index contributed by atoms with van der Waals surface area (Å²) >= 11 is 0. The highest BCUT2D eigenvalue weighted by atomic mass is 16.2. The summed E-state index contributed by atoms with van der Waals surface area (Å²) in [6, 6.07) is -0.0322. The SMILES string of the molecule is CC(C)C[C@@H](N)C(=O)NCC(C(C)C)N(C)C. The predicted molar refractivity (Wildman–Crippen MR) is 72.8 cm³/mol. The number of hydrogen-bond acceptors (Lipinski definition) is 3. The van der Waals surface area contributed by atoms with Crippen LogP contribution in [0.3, 0.4) is 0 Å². The molecule has 1 amide bonds. The monoisotopic (exact) mass is 243 g/mol. The van der Waals surface area contributed by atoms with Crippen LogP contribution in [-0.4, -0.2) is 43.5 Å². The van der Waals surface area contributed by atoms with E-state index < -0.39 is 0 Å². The molecule has 0 aliphatic heterocycles. The van der Waals surface area contributed by atoms with Crippen LogP contribution in [-0.2, 0) is 4.79 Å². The molecule has 0 aromatic rings. The molecule has 0 saturated heterocycles. The van der Waals surface area contributed by atoms with Crippen molar-refractivity contribution in [1.82, 2.24) is 10.2 Å². The predicted octanol–water partition coefficient (Wildman–Crippen LogP) is 1.06. The lowest BCUT2D eigenvalue weighted by Gasteiger charge is -2.28. The van der Waals surface area contributed by atoms with Crippen molar-refractivity contribution >= 4 is 5.91 Å². The topological polar surface area (TPSA) is 58.4 Å². The first-order valence-corrected chi connectivity index (χ1v) is 6.45. The van der Waals surface area contributed by atoms with Crippen molar-refractivity contribution in [3.63, 3.8) is 0 Å². The maximum absolute atomic E-state index is 11.8. The molecular weight excluding hydrogens is 214 g/mol. The lowest BCUT2D eigenvalue weighted by molar-refractivity contribution is -0.123. The maximum Gasteiger partial charge on any atom is 0.236 e. The Kier molecular flexibility index (Phi) is 7.39. The molecule has 102 valence electrons. The van der Waals surface area contributed by atoms with Gasteiger partial charge in [-0.1, -0.05) is 27.7 Å². The summed E-state index contributed by atoms with van der Waals surface area (Å²) in [7, 11) is 4.07. The van der Waals surface area contributed by atoms with E-state index in [4.69, 9.17) is 5.73 Å². The third-order valence-corrected chi connectivity index (χ3v) is 2.98. The Morgan fingerprint density at radius 2 is 1.76 bits per heavy atom. The standard InChI is InChI=1S/C13H29N3O/c1-9(2)7-11(14)13(17)15-8-12(10(3)4)16(5)6/h9-12H,7-8,14H2,1-6H3,(H,15,17)/t11-,12?/m1/s1. The van der Waals surface area contributed by atoms with Gasteiger partial charge in [0.15, 0.2) is 0 Å². The molecule has 2 atom stereocenters. The Morgan fingerprint density at radius 1 is 1.24 bits per heavy atom. The van der Waals surface area contributed by atoms with E-state index in [0.717, 1.165) is 6.42 Å². The molecule has 0 heterocycles. The zero-order valence-electron chi connectivity index (χ0n) is 12.2. The first-order valence-electron chi connectivity index (χ1n) is 6.45. The van der Waals surface area contributed by atoms with Crippen LogP contribution < -0.4 is 11.1 Å². The minimum absolute atomic E-state index is 0.0359. The van der Waals surface area contributed by atoms with Crippen LogP contribution in [0.15, 0.2) is 0 Å². The van der Waals surface area contributed by atoms with E-state index in [1.807, 2.05) is 14.1 Å². The summed E-state index contributed by atoms with van der Waals surface area (Å²) < 4.78 is 0. The van der Waals surface area contributed by atoms with Gasteiger partial charge in [0.1, 0.15) is 0 Å². The summed E-state index contributed by atoms with van der Waals surface area (Å²) in [5.41, 5.74) is 5.83. The fourth-order valence-corrected chi connectivity index (χ4v) is 1.97. The Balaban J connectivity index is 4.12. The van der Waals surface area contributed by atoms with E-state index in [1.54, 1.807) is 0 Å². The lowest BCUT2D eigenvalue weighted by Crippen LogP contribution is -2.48. The molecule has 4 heteroatoms. The number of nitrogens with two attached hydrogens (primary N) is 1. The first-order chi connectivity index (χ1) is 7.75. The molecule has 17 heavy (non-hydrogen) atoms. The third kappa shape index (κ3) is 6.64. The van der Waals surface area contributed by atoms with Gasteiger partial charge in [-0.2, -0.15) is 0 Å². The Labute approximate surface area is 106 Å². The number of rotatable bonds is 7. The molecule has 0 aliphatic rings. The smallest absolute Gasteiger partial charge is 0.236 e. The summed E-state index contributed by atoms with van der Waals surface area (Å²) in [6.45, 7) is 9.12. The fraction of sp³-hybridized carbons (Fsp3) is 0.923. The summed E-state index contributed by atoms with van der Waals surface area (Å²) in [5, 5.41) is 2.94. The largest absolute Gasteiger partial charge is 0.353 e. The van der Waals surface area contributed by atoms with Gasteiger partial charge in [0.25, 0.3) is 0 Å². The number of amides is 1. The number of nitrogens with zero attached hydrogens (tertiary/aromatic N) is 1. The van der Waals surface area contributed by atoms with Crippen molar-refractivity contribution < 1.29 is 4.79 Å². The van der Waals surface area contributed by atoms with Crippen molar-refractivity contribution in [1.29, 1.82) is 0 Å². The molecule has 4 nitrogen and oxygen atoms in total. The average molecular weight is 243 g/mol. The van der Waals surface area contributed by atoms with Crippen LogP contribution >= 0.6 is 0 Å². The van der Waals surface area contributed by atoms with Crippen molar-refractivity contribution in [3.05, 3.63) is 0 Å². The summed E-state index contributed by atoms with van der Waals surface area (Å²) in [5.74, 6) is 0.920. The number of hydrogen-bond donors (Lipinski definition) is 2. The van der Waals surface area contributed by atoms with E-state index in [-0.39, 0.29) is 11.9 Å². The molecule has 1 unspecified atom stereocenters. The Morgan fingerprint density at radius 3 is 2.12 bits per heavy atom. The van der Waals surface area contributed by atoms with Gasteiger partial charge in [-0.05, 0) is 32.4 Å². The molecule has 0 bridgehead atoms. The van der Waals surface area contributed by atoms with Gasteiger partial charge in [0.05, 0.1) is 6.04 Å². The zero-order valence-corrected chi connectivity index (χ0v) is 12.2. The molecule has 0 spiro atoms. The van der Waals surface area contributed by atoms with Crippen LogP contribution in [0.2, 0.25) is 0 Å². The van der Waals surface area contributed by atoms with E-state index in [0.29, 0.717) is 24.4 Å². The minimum Gasteiger partial charge on any atom is -0.353 e. The Hall–Kier alpha value is -0.610. The van der Waals surface area contributed by atoms with Crippen LogP contribution in [0, 0.1) is 11.8 Å². The molecule has 3 N–H and O–H groups in total. The van der Waals surface area contributed by atoms with E-state index in [1.165, 1.54) is 0 Å². The second-order valence-electron chi connectivity index (χ2n) is 5.76. The zero-order chi connectivity index (χ0) is 13.6. The molecular formula is C13H29N3O. The van der Waals surface area contributed by atoms with E-state index in [2.05, 4.69) is 37.9 Å². The van der Waals surface area contributed by atoms with Gasteiger partial charge in [-0.15, -0.1) is 0 Å². The molecule has 0 rings (SSSR count). The van der Waals surface area contributed by atoms with Gasteiger partial charge in [-0.25, -0.2) is 0 Å². The molecule has 0 fully saturated rings. The Bertz CT molecular complexity index is 219. The molecule has 0 saturated carbocycles. The van der Waals surface area contributed by atoms with Gasteiger partial charge in [-0.3, -0.25) is 4.79 Å². The van der Waals surface area contributed by atoms with Gasteiger partial charge < -0.3 is 16.0 Å². The molecule has 0 aromatic carbocycles. The first kappa shape index (κ1) is 16.4. The second kappa shape index (κ2) is 7.67. The maximum atomic E-state index is 11.8. The highest BCUT2D eigenvalue weighted by Crippen LogP contribution is 2.07. The summed E-state index contributed by atoms with van der Waals surface area (Å²) in [6.07, 6.45) is 0.736. The van der Waals surface area contributed by atoms with Crippen LogP contribution in [0.4, 0.5) is 0 Å². The van der Waals surface area contributed by atoms with Crippen LogP contribution in [0.5, 0.6) is 0 Å². The van der Waals surface area contributed by atoms with Crippen LogP contribution in [0.1, 0.15) is 34.1 Å². The number of carbonyl (C=O) groups excluding carboxylic acids is 1. The number of carbonyl (C=O) groups is 1. The van der Waals surface area contributed by atoms with Crippen molar-refractivity contribution in [3.8, 4) is 0 Å².